The number of carbonyl (C=O) groups is 2. The Hall–Kier alpha value is -1.59. The van der Waals surface area contributed by atoms with Crippen LogP contribution >= 0.6 is 12.4 Å². The predicted octanol–water partition coefficient (Wildman–Crippen LogP) is 2.93. The van der Waals surface area contributed by atoms with E-state index in [1.165, 1.54) is 0 Å². The van der Waals surface area contributed by atoms with Gasteiger partial charge in [0.25, 0.3) is 0 Å². The van der Waals surface area contributed by atoms with Crippen molar-refractivity contribution in [3.05, 3.63) is 29.8 Å². The van der Waals surface area contributed by atoms with Gasteiger partial charge in [0.15, 0.2) is 0 Å². The average Bonchev–Trinajstić information content (AvgIpc) is 2.91. The van der Waals surface area contributed by atoms with Crippen molar-refractivity contribution in [2.24, 2.45) is 11.7 Å². The van der Waals surface area contributed by atoms with Crippen LogP contribution in [0.2, 0.25) is 0 Å². The SMILES string of the molecule is CCN(Cc1ccccc1NC(=O)C[C@@H]1CCC[C@H]1N)C(C)=O.Cl. The van der Waals surface area contributed by atoms with E-state index in [0.717, 1.165) is 30.5 Å². The van der Waals surface area contributed by atoms with Crippen LogP contribution in [0.15, 0.2) is 24.3 Å². The van der Waals surface area contributed by atoms with E-state index < -0.39 is 0 Å². The second-order valence-electron chi connectivity index (χ2n) is 6.30. The van der Waals surface area contributed by atoms with Crippen LogP contribution in [0, 0.1) is 5.92 Å². The molecule has 2 atom stereocenters. The molecule has 1 fully saturated rings. The Kier molecular flexibility index (Phi) is 8.22. The summed E-state index contributed by atoms with van der Waals surface area (Å²) in [6.07, 6.45) is 3.63. The van der Waals surface area contributed by atoms with E-state index >= 15 is 0 Å². The van der Waals surface area contributed by atoms with E-state index in [1.807, 2.05) is 31.2 Å². The van der Waals surface area contributed by atoms with Crippen LogP contribution in [0.3, 0.4) is 0 Å². The molecule has 1 aliphatic rings. The van der Waals surface area contributed by atoms with E-state index in [-0.39, 0.29) is 36.2 Å². The van der Waals surface area contributed by atoms with Crippen molar-refractivity contribution in [1.82, 2.24) is 4.90 Å². The van der Waals surface area contributed by atoms with Crippen molar-refractivity contribution in [1.29, 1.82) is 0 Å². The molecule has 0 bridgehead atoms. The highest BCUT2D eigenvalue weighted by molar-refractivity contribution is 5.91. The maximum Gasteiger partial charge on any atom is 0.224 e. The Bertz CT molecular complexity index is 565. The largest absolute Gasteiger partial charge is 0.339 e. The molecule has 1 saturated carbocycles. The van der Waals surface area contributed by atoms with Gasteiger partial charge in [0, 0.05) is 38.2 Å². The normalized spacial score (nSPS) is 19.5. The number of benzene rings is 1. The number of rotatable bonds is 6. The molecule has 1 aromatic rings. The molecule has 0 heterocycles. The standard InChI is InChI=1S/C18H27N3O2.ClH/c1-3-21(13(2)22)12-15-7-4-5-10-17(15)20-18(23)11-14-8-6-9-16(14)19;/h4-5,7,10,14,16H,3,6,8-9,11-12,19H2,1-2H3,(H,20,23);1H/t14-,16+;/m0./s1. The van der Waals surface area contributed by atoms with Crippen molar-refractivity contribution in [2.45, 2.75) is 52.1 Å². The number of carbonyl (C=O) groups excluding carboxylic acids is 2. The fourth-order valence-electron chi connectivity index (χ4n) is 3.19. The first-order chi connectivity index (χ1) is 11.0. The molecule has 5 nitrogen and oxygen atoms in total. The van der Waals surface area contributed by atoms with Gasteiger partial charge in [-0.15, -0.1) is 12.4 Å². The van der Waals surface area contributed by atoms with Crippen LogP contribution in [0.4, 0.5) is 5.69 Å². The summed E-state index contributed by atoms with van der Waals surface area (Å²) in [7, 11) is 0. The Labute approximate surface area is 150 Å². The zero-order valence-corrected chi connectivity index (χ0v) is 15.3. The van der Waals surface area contributed by atoms with E-state index in [9.17, 15) is 9.59 Å². The summed E-state index contributed by atoms with van der Waals surface area (Å²) in [6.45, 7) is 4.66. The molecule has 2 amide bonds. The molecule has 24 heavy (non-hydrogen) atoms. The van der Waals surface area contributed by atoms with Crippen molar-refractivity contribution in [2.75, 3.05) is 11.9 Å². The van der Waals surface area contributed by atoms with Gasteiger partial charge in [-0.1, -0.05) is 24.6 Å². The first-order valence-electron chi connectivity index (χ1n) is 8.40. The fraction of sp³-hybridized carbons (Fsp3) is 0.556. The topological polar surface area (TPSA) is 75.4 Å². The minimum absolute atomic E-state index is 0. The highest BCUT2D eigenvalue weighted by atomic mass is 35.5. The first-order valence-corrected chi connectivity index (χ1v) is 8.40. The molecule has 0 saturated heterocycles. The number of anilines is 1. The summed E-state index contributed by atoms with van der Waals surface area (Å²) in [5.74, 6) is 0.322. The van der Waals surface area contributed by atoms with Crippen LogP contribution in [0.5, 0.6) is 0 Å². The molecule has 1 aromatic carbocycles. The maximum atomic E-state index is 12.3. The van der Waals surface area contributed by atoms with Crippen LogP contribution < -0.4 is 11.1 Å². The molecule has 2 rings (SSSR count). The van der Waals surface area contributed by atoms with Crippen molar-refractivity contribution in [3.63, 3.8) is 0 Å². The fourth-order valence-corrected chi connectivity index (χ4v) is 3.19. The van der Waals surface area contributed by atoms with Crippen molar-refractivity contribution >= 4 is 29.9 Å². The lowest BCUT2D eigenvalue weighted by molar-refractivity contribution is -0.129. The number of hydrogen-bond donors (Lipinski definition) is 2. The minimum atomic E-state index is 0. The zero-order valence-electron chi connectivity index (χ0n) is 14.5. The van der Waals surface area contributed by atoms with E-state index in [2.05, 4.69) is 5.32 Å². The smallest absolute Gasteiger partial charge is 0.224 e. The summed E-state index contributed by atoms with van der Waals surface area (Å²) in [4.78, 5) is 25.7. The van der Waals surface area contributed by atoms with Gasteiger partial charge in [0.05, 0.1) is 0 Å². The van der Waals surface area contributed by atoms with Gasteiger partial charge in [0.2, 0.25) is 11.8 Å². The summed E-state index contributed by atoms with van der Waals surface area (Å²) in [5, 5.41) is 2.99. The van der Waals surface area contributed by atoms with Gasteiger partial charge in [-0.05, 0) is 37.3 Å². The molecule has 3 N–H and O–H groups in total. The van der Waals surface area contributed by atoms with Crippen LogP contribution in [-0.4, -0.2) is 29.3 Å². The number of para-hydroxylation sites is 1. The molecular formula is C18H28ClN3O2. The van der Waals surface area contributed by atoms with Gasteiger partial charge in [-0.25, -0.2) is 0 Å². The quantitative estimate of drug-likeness (QED) is 0.825. The third kappa shape index (κ3) is 5.49. The van der Waals surface area contributed by atoms with E-state index in [0.29, 0.717) is 19.5 Å². The third-order valence-corrected chi connectivity index (χ3v) is 4.65. The Balaban J connectivity index is 0.00000288. The lowest BCUT2D eigenvalue weighted by Gasteiger charge is -2.21. The zero-order chi connectivity index (χ0) is 16.8. The highest BCUT2D eigenvalue weighted by Crippen LogP contribution is 2.27. The monoisotopic (exact) mass is 353 g/mol. The number of hydrogen-bond acceptors (Lipinski definition) is 3. The predicted molar refractivity (Wildman–Crippen MR) is 99.0 cm³/mol. The summed E-state index contributed by atoms with van der Waals surface area (Å²) in [5.41, 5.74) is 7.78. The lowest BCUT2D eigenvalue weighted by Crippen LogP contribution is -2.29. The maximum absolute atomic E-state index is 12.3. The minimum Gasteiger partial charge on any atom is -0.339 e. The molecule has 0 radical (unpaired) electrons. The van der Waals surface area contributed by atoms with Crippen molar-refractivity contribution < 1.29 is 9.59 Å². The number of halogens is 1. The van der Waals surface area contributed by atoms with Gasteiger partial charge in [0.1, 0.15) is 0 Å². The number of nitrogens with two attached hydrogens (primary N) is 1. The van der Waals surface area contributed by atoms with Gasteiger partial charge >= 0.3 is 0 Å². The van der Waals surface area contributed by atoms with Gasteiger partial charge in [-0.2, -0.15) is 0 Å². The van der Waals surface area contributed by atoms with Crippen LogP contribution in [0.25, 0.3) is 0 Å². The van der Waals surface area contributed by atoms with E-state index in [1.54, 1.807) is 11.8 Å². The average molecular weight is 354 g/mol. The molecule has 0 unspecified atom stereocenters. The second kappa shape index (κ2) is 9.64. The molecular weight excluding hydrogens is 326 g/mol. The Morgan fingerprint density at radius 3 is 2.58 bits per heavy atom. The number of nitrogens with one attached hydrogen (secondary N) is 1. The molecule has 0 spiro atoms. The lowest BCUT2D eigenvalue weighted by atomic mass is 9.99. The molecule has 1 aliphatic carbocycles. The van der Waals surface area contributed by atoms with E-state index in [4.69, 9.17) is 5.73 Å². The number of amides is 2. The van der Waals surface area contributed by atoms with Gasteiger partial charge in [-0.3, -0.25) is 9.59 Å². The molecule has 134 valence electrons. The first kappa shape index (κ1) is 20.5. The highest BCUT2D eigenvalue weighted by Gasteiger charge is 2.26. The number of nitrogens with zero attached hydrogens (tertiary/aromatic N) is 1. The molecule has 0 aromatic heterocycles. The van der Waals surface area contributed by atoms with Crippen LogP contribution in [0.1, 0.15) is 45.1 Å². The van der Waals surface area contributed by atoms with Gasteiger partial charge < -0.3 is 16.0 Å². The summed E-state index contributed by atoms with van der Waals surface area (Å²) < 4.78 is 0. The van der Waals surface area contributed by atoms with Crippen LogP contribution in [-0.2, 0) is 16.1 Å². The summed E-state index contributed by atoms with van der Waals surface area (Å²) in [6, 6.07) is 7.79. The Morgan fingerprint density at radius 1 is 1.29 bits per heavy atom. The molecule has 6 heteroatoms. The molecule has 0 aliphatic heterocycles. The Morgan fingerprint density at radius 2 is 2.00 bits per heavy atom. The third-order valence-electron chi connectivity index (χ3n) is 4.65. The summed E-state index contributed by atoms with van der Waals surface area (Å²) >= 11 is 0. The van der Waals surface area contributed by atoms with Crippen molar-refractivity contribution in [3.8, 4) is 0 Å². The second-order valence-corrected chi connectivity index (χ2v) is 6.30.